The van der Waals surface area contributed by atoms with Gasteiger partial charge in [-0.1, -0.05) is 61.7 Å². The quantitative estimate of drug-likeness (QED) is 0.495. The van der Waals surface area contributed by atoms with E-state index in [4.69, 9.17) is 10.5 Å². The molecule has 6 nitrogen and oxygen atoms in total. The second kappa shape index (κ2) is 9.47. The van der Waals surface area contributed by atoms with Crippen molar-refractivity contribution in [2.45, 2.75) is 63.1 Å². The third-order valence-electron chi connectivity index (χ3n) is 9.41. The highest BCUT2D eigenvalue weighted by Gasteiger charge is 2.63. The van der Waals surface area contributed by atoms with Crippen LogP contribution in [0.4, 0.5) is 0 Å². The minimum atomic E-state index is -1.53. The normalized spacial score (nSPS) is 28.0. The van der Waals surface area contributed by atoms with Crippen LogP contribution in [-0.4, -0.2) is 48.3 Å². The van der Waals surface area contributed by atoms with Crippen molar-refractivity contribution < 1.29 is 14.6 Å². The topological polar surface area (TPSA) is 87.8 Å². The molecule has 2 saturated carbocycles. The fourth-order valence-electron chi connectivity index (χ4n) is 7.12. The molecule has 1 amide bonds. The summed E-state index contributed by atoms with van der Waals surface area (Å²) in [7, 11) is 0. The summed E-state index contributed by atoms with van der Waals surface area (Å²) in [5.74, 6) is 1.14. The van der Waals surface area contributed by atoms with Crippen LogP contribution in [-0.2, 0) is 23.2 Å². The van der Waals surface area contributed by atoms with Gasteiger partial charge in [-0.15, -0.1) is 0 Å². The summed E-state index contributed by atoms with van der Waals surface area (Å²) in [6, 6.07) is 16.0. The molecule has 0 spiro atoms. The van der Waals surface area contributed by atoms with E-state index in [0.29, 0.717) is 11.5 Å². The van der Waals surface area contributed by atoms with E-state index in [1.807, 2.05) is 30.3 Å². The lowest BCUT2D eigenvalue weighted by molar-refractivity contribution is -0.150. The summed E-state index contributed by atoms with van der Waals surface area (Å²) in [6.45, 7) is 3.72. The molecular formula is C30H39N3O3. The number of piperidine rings is 1. The van der Waals surface area contributed by atoms with E-state index in [1.165, 1.54) is 17.5 Å². The molecule has 3 fully saturated rings. The number of aliphatic hydroxyl groups is 1. The van der Waals surface area contributed by atoms with E-state index in [-0.39, 0.29) is 17.2 Å². The van der Waals surface area contributed by atoms with Gasteiger partial charge < -0.3 is 25.8 Å². The molecule has 36 heavy (non-hydrogen) atoms. The Hall–Kier alpha value is -2.41. The van der Waals surface area contributed by atoms with Crippen LogP contribution in [0.25, 0.3) is 0 Å². The molecule has 2 aliphatic heterocycles. The van der Waals surface area contributed by atoms with Crippen LogP contribution in [0.1, 0.15) is 55.2 Å². The van der Waals surface area contributed by atoms with Crippen LogP contribution in [0.3, 0.4) is 0 Å². The number of fused-ring (bicyclic) bond motifs is 2. The number of nitrogens with two attached hydrogens (primary N) is 1. The number of carbonyl (C=O) groups excluding carboxylic acids is 1. The van der Waals surface area contributed by atoms with Crippen molar-refractivity contribution in [3.63, 3.8) is 0 Å². The van der Waals surface area contributed by atoms with Gasteiger partial charge in [0.05, 0.1) is 12.8 Å². The monoisotopic (exact) mass is 489 g/mol. The molecule has 2 aromatic rings. The van der Waals surface area contributed by atoms with Crippen molar-refractivity contribution >= 4 is 5.91 Å². The minimum absolute atomic E-state index is 0.0776. The Morgan fingerprint density at radius 3 is 2.81 bits per heavy atom. The summed E-state index contributed by atoms with van der Waals surface area (Å²) < 4.78 is 5.64. The van der Waals surface area contributed by atoms with E-state index in [2.05, 4.69) is 28.4 Å². The van der Waals surface area contributed by atoms with Crippen molar-refractivity contribution in [1.82, 2.24) is 10.2 Å². The predicted octanol–water partition coefficient (Wildman–Crippen LogP) is 3.36. The van der Waals surface area contributed by atoms with E-state index in [0.717, 1.165) is 76.9 Å². The first kappa shape index (κ1) is 24.0. The van der Waals surface area contributed by atoms with Gasteiger partial charge in [0.15, 0.2) is 5.60 Å². The number of hydrogen-bond acceptors (Lipinski definition) is 5. The van der Waals surface area contributed by atoms with Crippen LogP contribution >= 0.6 is 0 Å². The Morgan fingerprint density at radius 2 is 2.00 bits per heavy atom. The summed E-state index contributed by atoms with van der Waals surface area (Å²) in [5, 5.41) is 15.0. The summed E-state index contributed by atoms with van der Waals surface area (Å²) in [4.78, 5) is 16.2. The number of ether oxygens (including phenoxy) is 1. The van der Waals surface area contributed by atoms with E-state index in [9.17, 15) is 9.90 Å². The summed E-state index contributed by atoms with van der Waals surface area (Å²) in [6.07, 6.45) is 7.62. The van der Waals surface area contributed by atoms with Crippen molar-refractivity contribution in [3.05, 3.63) is 65.2 Å². The maximum Gasteiger partial charge on any atom is 0.258 e. The molecule has 6 rings (SSSR count). The SMILES string of the molecule is NC(NC(=O)C(O)(c1ccccc1)C1CCCCC1)C12CC1CN(CCc1ccc3c(c1)CCO3)C2. The molecule has 0 bridgehead atoms. The maximum absolute atomic E-state index is 13.7. The lowest BCUT2D eigenvalue weighted by Crippen LogP contribution is -2.58. The second-order valence-electron chi connectivity index (χ2n) is 11.6. The number of hydrogen-bond donors (Lipinski definition) is 3. The first-order valence-corrected chi connectivity index (χ1v) is 13.8. The van der Waals surface area contributed by atoms with Crippen LogP contribution in [0.2, 0.25) is 0 Å². The molecule has 2 heterocycles. The summed E-state index contributed by atoms with van der Waals surface area (Å²) in [5.41, 5.74) is 8.45. The Bertz CT molecular complexity index is 1100. The molecule has 0 radical (unpaired) electrons. The highest BCUT2D eigenvalue weighted by Crippen LogP contribution is 2.59. The van der Waals surface area contributed by atoms with Gasteiger partial charge in [0, 0.05) is 37.4 Å². The van der Waals surface area contributed by atoms with Gasteiger partial charge in [0.25, 0.3) is 5.91 Å². The fraction of sp³-hybridized carbons (Fsp3) is 0.567. The molecule has 4 N–H and O–H groups in total. The van der Waals surface area contributed by atoms with Gasteiger partial charge in [-0.25, -0.2) is 0 Å². The Labute approximate surface area is 214 Å². The third-order valence-corrected chi connectivity index (χ3v) is 9.41. The summed E-state index contributed by atoms with van der Waals surface area (Å²) >= 11 is 0. The number of nitrogens with zero attached hydrogens (tertiary/aromatic N) is 1. The Balaban J connectivity index is 1.10. The van der Waals surface area contributed by atoms with Gasteiger partial charge >= 0.3 is 0 Å². The van der Waals surface area contributed by atoms with Crippen molar-refractivity contribution in [2.75, 3.05) is 26.2 Å². The lowest BCUT2D eigenvalue weighted by atomic mass is 9.72. The molecule has 192 valence electrons. The van der Waals surface area contributed by atoms with Crippen LogP contribution in [0.5, 0.6) is 5.75 Å². The number of amides is 1. The van der Waals surface area contributed by atoms with Crippen molar-refractivity contribution in [1.29, 1.82) is 0 Å². The average molecular weight is 490 g/mol. The van der Waals surface area contributed by atoms with E-state index in [1.54, 1.807) is 0 Å². The number of likely N-dealkylation sites (tertiary alicyclic amines) is 1. The number of benzene rings is 2. The molecule has 0 aromatic heterocycles. The molecular weight excluding hydrogens is 450 g/mol. The van der Waals surface area contributed by atoms with Crippen molar-refractivity contribution in [3.8, 4) is 5.75 Å². The van der Waals surface area contributed by atoms with E-state index >= 15 is 0 Å². The molecule has 4 unspecified atom stereocenters. The zero-order chi connectivity index (χ0) is 24.8. The number of rotatable bonds is 8. The predicted molar refractivity (Wildman–Crippen MR) is 139 cm³/mol. The molecule has 4 aliphatic rings. The lowest BCUT2D eigenvalue weighted by Gasteiger charge is -2.39. The zero-order valence-corrected chi connectivity index (χ0v) is 21.1. The maximum atomic E-state index is 13.7. The van der Waals surface area contributed by atoms with Crippen LogP contribution < -0.4 is 15.8 Å². The number of carbonyl (C=O) groups is 1. The largest absolute Gasteiger partial charge is 0.493 e. The zero-order valence-electron chi connectivity index (χ0n) is 21.1. The van der Waals surface area contributed by atoms with Crippen LogP contribution in [0, 0.1) is 17.3 Å². The van der Waals surface area contributed by atoms with E-state index < -0.39 is 11.8 Å². The van der Waals surface area contributed by atoms with Crippen molar-refractivity contribution in [2.24, 2.45) is 23.0 Å². The average Bonchev–Trinajstić information content (AvgIpc) is 3.24. The smallest absolute Gasteiger partial charge is 0.258 e. The molecule has 1 saturated heterocycles. The standard InChI is InChI=1S/C30H39N3O3/c31-27(32-28(34)30(35,23-7-3-1-4-8-23)24-9-5-2-6-10-24)29-18-25(29)19-33(20-29)15-13-21-11-12-26-22(17-21)14-16-36-26/h1,3-4,7-8,11-12,17,24-25,27,35H,2,5-6,9-10,13-16,18-20,31H2,(H,32,34). The first-order valence-electron chi connectivity index (χ1n) is 13.8. The van der Waals surface area contributed by atoms with Gasteiger partial charge in [0.1, 0.15) is 5.75 Å². The first-order chi connectivity index (χ1) is 17.5. The third kappa shape index (κ3) is 4.23. The second-order valence-corrected chi connectivity index (χ2v) is 11.6. The van der Waals surface area contributed by atoms with Crippen LogP contribution in [0.15, 0.2) is 48.5 Å². The molecule has 2 aromatic carbocycles. The molecule has 2 aliphatic carbocycles. The highest BCUT2D eigenvalue weighted by molar-refractivity contribution is 5.87. The fourth-order valence-corrected chi connectivity index (χ4v) is 7.12. The Kier molecular flexibility index (Phi) is 6.30. The Morgan fingerprint density at radius 1 is 1.19 bits per heavy atom. The number of nitrogens with one attached hydrogen (secondary N) is 1. The van der Waals surface area contributed by atoms with Gasteiger partial charge in [-0.3, -0.25) is 4.79 Å². The highest BCUT2D eigenvalue weighted by atomic mass is 16.5. The minimum Gasteiger partial charge on any atom is -0.493 e. The molecule has 4 atom stereocenters. The van der Waals surface area contributed by atoms with Gasteiger partial charge in [-0.05, 0) is 54.4 Å². The van der Waals surface area contributed by atoms with Gasteiger partial charge in [0.2, 0.25) is 0 Å². The van der Waals surface area contributed by atoms with Gasteiger partial charge in [-0.2, -0.15) is 0 Å². The molecule has 6 heteroatoms.